The largest absolute Gasteiger partial charge is 0.333 e. The van der Waals surface area contributed by atoms with Crippen molar-refractivity contribution in [2.45, 2.75) is 20.3 Å². The van der Waals surface area contributed by atoms with Crippen LogP contribution in [0.3, 0.4) is 0 Å². The Bertz CT molecular complexity index is 637. The van der Waals surface area contributed by atoms with Gasteiger partial charge in [0.25, 0.3) is 0 Å². The first-order valence-corrected chi connectivity index (χ1v) is 7.15. The van der Waals surface area contributed by atoms with Gasteiger partial charge in [-0.2, -0.15) is 0 Å². The van der Waals surface area contributed by atoms with E-state index in [-0.39, 0.29) is 18.4 Å². The summed E-state index contributed by atoms with van der Waals surface area (Å²) in [5, 5.41) is 2.65. The van der Waals surface area contributed by atoms with Gasteiger partial charge in [-0.25, -0.2) is 4.98 Å². The number of amides is 2. The lowest BCUT2D eigenvalue weighted by Crippen LogP contribution is -2.38. The van der Waals surface area contributed by atoms with Gasteiger partial charge in [-0.05, 0) is 18.9 Å². The Kier molecular flexibility index (Phi) is 5.30. The summed E-state index contributed by atoms with van der Waals surface area (Å²) in [7, 11) is 0. The lowest BCUT2D eigenvalue weighted by molar-refractivity contribution is -0.132. The van der Waals surface area contributed by atoms with E-state index >= 15 is 0 Å². The number of aromatic nitrogens is 2. The number of nitrogens with zero attached hydrogens (tertiary/aromatic N) is 2. The Morgan fingerprint density at radius 3 is 2.59 bits per heavy atom. The third-order valence-electron chi connectivity index (χ3n) is 3.25. The van der Waals surface area contributed by atoms with Crippen LogP contribution in [0.15, 0.2) is 36.5 Å². The average Bonchev–Trinajstić information content (AvgIpc) is 2.89. The molecule has 0 saturated heterocycles. The summed E-state index contributed by atoms with van der Waals surface area (Å²) in [6, 6.07) is 9.87. The molecule has 0 radical (unpaired) electrons. The highest BCUT2D eigenvalue weighted by atomic mass is 16.2. The number of hydrogen-bond acceptors (Lipinski definition) is 3. The van der Waals surface area contributed by atoms with E-state index in [4.69, 9.17) is 0 Å². The van der Waals surface area contributed by atoms with E-state index in [0.717, 1.165) is 11.3 Å². The van der Waals surface area contributed by atoms with Gasteiger partial charge in [0.2, 0.25) is 17.8 Å². The highest BCUT2D eigenvalue weighted by Crippen LogP contribution is 2.04. The first-order valence-electron chi connectivity index (χ1n) is 7.15. The molecule has 116 valence electrons. The fourth-order valence-electron chi connectivity index (χ4n) is 2.08. The van der Waals surface area contributed by atoms with Crippen LogP contribution in [0.1, 0.15) is 18.2 Å². The molecule has 2 aromatic rings. The summed E-state index contributed by atoms with van der Waals surface area (Å²) in [5.74, 6) is 0.00776. The Balaban J connectivity index is 1.88. The third kappa shape index (κ3) is 4.73. The summed E-state index contributed by atoms with van der Waals surface area (Å²) in [4.78, 5) is 32.1. The van der Waals surface area contributed by atoms with Crippen molar-refractivity contribution in [2.75, 3.05) is 18.4 Å². The van der Waals surface area contributed by atoms with Crippen LogP contribution in [-0.2, 0) is 16.0 Å². The molecule has 0 aliphatic rings. The second-order valence-corrected chi connectivity index (χ2v) is 5.14. The molecule has 0 bridgehead atoms. The van der Waals surface area contributed by atoms with Crippen molar-refractivity contribution in [3.05, 3.63) is 47.8 Å². The van der Waals surface area contributed by atoms with Gasteiger partial charge in [0.1, 0.15) is 0 Å². The summed E-state index contributed by atoms with van der Waals surface area (Å²) >= 11 is 0. The van der Waals surface area contributed by atoms with Crippen LogP contribution < -0.4 is 5.32 Å². The number of hydrogen-bond donors (Lipinski definition) is 2. The number of aromatic amines is 1. The molecule has 0 spiro atoms. The Labute approximate surface area is 129 Å². The second kappa shape index (κ2) is 7.40. The molecule has 1 heterocycles. The number of aryl methyl sites for hydroxylation is 1. The molecule has 0 aliphatic carbocycles. The number of anilines is 1. The van der Waals surface area contributed by atoms with Crippen LogP contribution in [0.4, 0.5) is 5.95 Å². The number of carbonyl (C=O) groups excluding carboxylic acids is 2. The minimum Gasteiger partial charge on any atom is -0.333 e. The minimum atomic E-state index is -0.266. The molecule has 22 heavy (non-hydrogen) atoms. The SMILES string of the molecule is CC(=O)N(CCc1ccccc1)CC(=O)Nc1ncc(C)[nH]1. The number of H-pyrrole nitrogens is 1. The van der Waals surface area contributed by atoms with Crippen LogP contribution in [0, 0.1) is 6.92 Å². The summed E-state index contributed by atoms with van der Waals surface area (Å²) in [6.07, 6.45) is 2.35. The molecule has 0 saturated carbocycles. The molecule has 6 heteroatoms. The van der Waals surface area contributed by atoms with E-state index in [1.807, 2.05) is 37.3 Å². The highest BCUT2D eigenvalue weighted by molar-refractivity contribution is 5.92. The second-order valence-electron chi connectivity index (χ2n) is 5.14. The Hall–Kier alpha value is -2.63. The van der Waals surface area contributed by atoms with Crippen molar-refractivity contribution < 1.29 is 9.59 Å². The molecule has 0 unspecified atom stereocenters. The maximum Gasteiger partial charge on any atom is 0.246 e. The first-order chi connectivity index (χ1) is 10.5. The molecular formula is C16H20N4O2. The van der Waals surface area contributed by atoms with E-state index in [2.05, 4.69) is 15.3 Å². The third-order valence-corrected chi connectivity index (χ3v) is 3.25. The van der Waals surface area contributed by atoms with Crippen molar-refractivity contribution in [1.29, 1.82) is 0 Å². The summed E-state index contributed by atoms with van der Waals surface area (Å²) < 4.78 is 0. The van der Waals surface area contributed by atoms with Crippen molar-refractivity contribution in [1.82, 2.24) is 14.9 Å². The first kappa shape index (κ1) is 15.8. The van der Waals surface area contributed by atoms with Crippen molar-refractivity contribution in [3.63, 3.8) is 0 Å². The molecule has 1 aromatic heterocycles. The van der Waals surface area contributed by atoms with Crippen LogP contribution in [0.2, 0.25) is 0 Å². The molecule has 0 fully saturated rings. The predicted octanol–water partition coefficient (Wildman–Crippen LogP) is 1.75. The Morgan fingerprint density at radius 1 is 1.27 bits per heavy atom. The maximum atomic E-state index is 12.0. The van der Waals surface area contributed by atoms with Gasteiger partial charge in [0.15, 0.2) is 0 Å². The van der Waals surface area contributed by atoms with Gasteiger partial charge in [-0.15, -0.1) is 0 Å². The number of rotatable bonds is 6. The van der Waals surface area contributed by atoms with Crippen LogP contribution >= 0.6 is 0 Å². The van der Waals surface area contributed by atoms with Gasteiger partial charge < -0.3 is 9.88 Å². The fraction of sp³-hybridized carbons (Fsp3) is 0.312. The molecule has 0 aliphatic heterocycles. The summed E-state index contributed by atoms with van der Waals surface area (Å²) in [6.45, 7) is 3.84. The highest BCUT2D eigenvalue weighted by Gasteiger charge is 2.14. The molecule has 2 amide bonds. The van der Waals surface area contributed by atoms with Gasteiger partial charge in [-0.1, -0.05) is 30.3 Å². The topological polar surface area (TPSA) is 78.1 Å². The van der Waals surface area contributed by atoms with E-state index < -0.39 is 0 Å². The minimum absolute atomic E-state index is 0.0158. The van der Waals surface area contributed by atoms with E-state index in [1.165, 1.54) is 11.8 Å². The van der Waals surface area contributed by atoms with Gasteiger partial charge >= 0.3 is 0 Å². The molecule has 2 N–H and O–H groups in total. The lowest BCUT2D eigenvalue weighted by Gasteiger charge is -2.20. The zero-order chi connectivity index (χ0) is 15.9. The molecule has 6 nitrogen and oxygen atoms in total. The predicted molar refractivity (Wildman–Crippen MR) is 84.4 cm³/mol. The quantitative estimate of drug-likeness (QED) is 0.853. The maximum absolute atomic E-state index is 12.0. The average molecular weight is 300 g/mol. The van der Waals surface area contributed by atoms with Gasteiger partial charge in [-0.3, -0.25) is 14.9 Å². The molecule has 1 aromatic carbocycles. The van der Waals surface area contributed by atoms with Crippen LogP contribution in [0.5, 0.6) is 0 Å². The number of benzene rings is 1. The normalized spacial score (nSPS) is 10.3. The van der Waals surface area contributed by atoms with Crippen LogP contribution in [0.25, 0.3) is 0 Å². The Morgan fingerprint density at radius 2 is 2.00 bits per heavy atom. The van der Waals surface area contributed by atoms with E-state index in [1.54, 1.807) is 6.20 Å². The molecule has 0 atom stereocenters. The number of imidazole rings is 1. The standard InChI is InChI=1S/C16H20N4O2/c1-12-10-17-16(18-12)19-15(22)11-20(13(2)21)9-8-14-6-4-3-5-7-14/h3-7,10H,8-9,11H2,1-2H3,(H2,17,18,19,22). The fourth-order valence-corrected chi connectivity index (χ4v) is 2.08. The lowest BCUT2D eigenvalue weighted by atomic mass is 10.1. The van der Waals surface area contributed by atoms with Crippen molar-refractivity contribution in [3.8, 4) is 0 Å². The smallest absolute Gasteiger partial charge is 0.246 e. The van der Waals surface area contributed by atoms with Crippen molar-refractivity contribution >= 4 is 17.8 Å². The zero-order valence-electron chi connectivity index (χ0n) is 12.8. The summed E-state index contributed by atoms with van der Waals surface area (Å²) in [5.41, 5.74) is 2.00. The van der Waals surface area contributed by atoms with Gasteiger partial charge in [0.05, 0.1) is 6.54 Å². The molecule has 2 rings (SSSR count). The van der Waals surface area contributed by atoms with Crippen LogP contribution in [-0.4, -0.2) is 39.8 Å². The molecular weight excluding hydrogens is 280 g/mol. The zero-order valence-corrected chi connectivity index (χ0v) is 12.8. The monoisotopic (exact) mass is 300 g/mol. The van der Waals surface area contributed by atoms with E-state index in [0.29, 0.717) is 18.9 Å². The number of nitrogens with one attached hydrogen (secondary N) is 2. The number of carbonyl (C=O) groups is 2. The van der Waals surface area contributed by atoms with Gasteiger partial charge in [0, 0.05) is 25.4 Å². The van der Waals surface area contributed by atoms with E-state index in [9.17, 15) is 9.59 Å². The van der Waals surface area contributed by atoms with Crippen molar-refractivity contribution in [2.24, 2.45) is 0 Å².